The first kappa shape index (κ1) is 31.1. The number of nitrogens with zero attached hydrogens (tertiary/aromatic N) is 2. The number of hydrogen-bond acceptors (Lipinski definition) is 4. The van der Waals surface area contributed by atoms with E-state index in [0.717, 1.165) is 31.9 Å². The van der Waals surface area contributed by atoms with Gasteiger partial charge in [-0.1, -0.05) is 99.1 Å². The lowest BCUT2D eigenvalue weighted by Crippen LogP contribution is -2.50. The van der Waals surface area contributed by atoms with Crippen LogP contribution in [0.25, 0.3) is 0 Å². The molecule has 37 heavy (non-hydrogen) atoms. The number of aliphatic hydroxyl groups is 1. The highest BCUT2D eigenvalue weighted by atomic mass is 35.5. The van der Waals surface area contributed by atoms with Crippen molar-refractivity contribution >= 4 is 24.8 Å². The number of benzene rings is 3. The Morgan fingerprint density at radius 1 is 0.811 bits per heavy atom. The molecule has 202 valence electrons. The third kappa shape index (κ3) is 8.46. The summed E-state index contributed by atoms with van der Waals surface area (Å²) < 4.78 is 6.11. The van der Waals surface area contributed by atoms with Crippen LogP contribution in [0, 0.1) is 6.92 Å². The zero-order valence-corrected chi connectivity index (χ0v) is 24.1. The molecule has 3 aromatic carbocycles. The molecule has 1 saturated heterocycles. The van der Waals surface area contributed by atoms with Crippen LogP contribution in [0.2, 0.25) is 0 Å². The fraction of sp³-hybridized carbons (Fsp3) is 0.419. The number of aryl methyl sites for hydroxylation is 1. The molecule has 1 aliphatic rings. The molecule has 1 aliphatic heterocycles. The van der Waals surface area contributed by atoms with E-state index >= 15 is 0 Å². The summed E-state index contributed by atoms with van der Waals surface area (Å²) in [7, 11) is 0. The number of aliphatic hydroxyl groups excluding tert-OH is 1. The van der Waals surface area contributed by atoms with Gasteiger partial charge in [0.05, 0.1) is 6.04 Å². The first-order valence-electron chi connectivity index (χ1n) is 12.8. The Kier molecular flexibility index (Phi) is 11.9. The van der Waals surface area contributed by atoms with Gasteiger partial charge in [-0.15, -0.1) is 24.8 Å². The summed E-state index contributed by atoms with van der Waals surface area (Å²) in [6.45, 7) is 13.4. The van der Waals surface area contributed by atoms with Gasteiger partial charge in [-0.25, -0.2) is 0 Å². The fourth-order valence-electron chi connectivity index (χ4n) is 4.98. The summed E-state index contributed by atoms with van der Waals surface area (Å²) in [6, 6.07) is 28.1. The number of hydrogen-bond donors (Lipinski definition) is 1. The first-order valence-corrected chi connectivity index (χ1v) is 12.8. The molecular formula is C31H42Cl2N2O2. The molecule has 0 bridgehead atoms. The van der Waals surface area contributed by atoms with Crippen LogP contribution in [-0.2, 0) is 5.41 Å². The monoisotopic (exact) mass is 544 g/mol. The second-order valence-electron chi connectivity index (χ2n) is 10.8. The third-order valence-electron chi connectivity index (χ3n) is 6.85. The Bertz CT molecular complexity index is 1030. The van der Waals surface area contributed by atoms with Crippen molar-refractivity contribution < 1.29 is 9.84 Å². The van der Waals surface area contributed by atoms with E-state index in [4.69, 9.17) is 4.74 Å². The Morgan fingerprint density at radius 3 is 1.86 bits per heavy atom. The second kappa shape index (κ2) is 14.2. The Hall–Kier alpha value is -2.08. The van der Waals surface area contributed by atoms with Gasteiger partial charge in [0.1, 0.15) is 18.5 Å². The van der Waals surface area contributed by atoms with Crippen LogP contribution in [0.1, 0.15) is 49.1 Å². The SMILES string of the molecule is Cc1ccc(OCC(O)CN2CCN(C(c3ccccc3)c3ccccc3)CC2)c(C(C)(C)C)c1.Cl.Cl. The lowest BCUT2D eigenvalue weighted by Gasteiger charge is -2.40. The van der Waals surface area contributed by atoms with Crippen LogP contribution >= 0.6 is 24.8 Å². The van der Waals surface area contributed by atoms with Crippen LogP contribution < -0.4 is 4.74 Å². The van der Waals surface area contributed by atoms with Crippen molar-refractivity contribution in [2.24, 2.45) is 0 Å². The number of halogens is 2. The lowest BCUT2D eigenvalue weighted by atomic mass is 9.85. The molecule has 0 spiro atoms. The van der Waals surface area contributed by atoms with Crippen LogP contribution in [0.3, 0.4) is 0 Å². The summed E-state index contributed by atoms with van der Waals surface area (Å²) in [6.07, 6.45) is -0.519. The zero-order valence-electron chi connectivity index (χ0n) is 22.5. The van der Waals surface area contributed by atoms with Crippen LogP contribution in [-0.4, -0.2) is 60.3 Å². The molecule has 4 nitrogen and oxygen atoms in total. The topological polar surface area (TPSA) is 35.9 Å². The summed E-state index contributed by atoms with van der Waals surface area (Å²) in [5.41, 5.74) is 5.06. The van der Waals surface area contributed by atoms with Crippen molar-refractivity contribution in [3.05, 3.63) is 101 Å². The first-order chi connectivity index (χ1) is 16.8. The molecule has 0 saturated carbocycles. The Morgan fingerprint density at radius 2 is 1.35 bits per heavy atom. The van der Waals surface area contributed by atoms with E-state index in [1.807, 2.05) is 6.07 Å². The van der Waals surface area contributed by atoms with Crippen molar-refractivity contribution in [3.63, 3.8) is 0 Å². The maximum absolute atomic E-state index is 10.8. The molecule has 0 aliphatic carbocycles. The number of β-amino-alcohol motifs (C(OH)–C–C–N with tert-alkyl or cyclic N) is 1. The van der Waals surface area contributed by atoms with E-state index in [1.54, 1.807) is 0 Å². The largest absolute Gasteiger partial charge is 0.491 e. The highest BCUT2D eigenvalue weighted by Gasteiger charge is 2.27. The number of piperazine rings is 1. The quantitative estimate of drug-likeness (QED) is 0.361. The van der Waals surface area contributed by atoms with Gasteiger partial charge in [-0.3, -0.25) is 9.80 Å². The Labute approximate surface area is 235 Å². The minimum absolute atomic E-state index is 0. The van der Waals surface area contributed by atoms with Crippen LogP contribution in [0.5, 0.6) is 5.75 Å². The van der Waals surface area contributed by atoms with Crippen LogP contribution in [0.4, 0.5) is 0 Å². The molecule has 1 N–H and O–H groups in total. The average molecular weight is 546 g/mol. The smallest absolute Gasteiger partial charge is 0.123 e. The van der Waals surface area contributed by atoms with Crippen LogP contribution in [0.15, 0.2) is 78.9 Å². The molecule has 6 heteroatoms. The van der Waals surface area contributed by atoms with Gasteiger partial charge in [-0.2, -0.15) is 0 Å². The van der Waals surface area contributed by atoms with Gasteiger partial charge in [0.2, 0.25) is 0 Å². The molecule has 1 heterocycles. The highest BCUT2D eigenvalue weighted by Crippen LogP contribution is 2.32. The Balaban J connectivity index is 0.00000241. The molecular weight excluding hydrogens is 503 g/mol. The second-order valence-corrected chi connectivity index (χ2v) is 10.8. The number of ether oxygens (including phenoxy) is 1. The van der Waals surface area contributed by atoms with Crippen molar-refractivity contribution in [1.82, 2.24) is 9.80 Å². The minimum Gasteiger partial charge on any atom is -0.491 e. The zero-order chi connectivity index (χ0) is 24.8. The normalized spacial score (nSPS) is 15.5. The molecule has 0 aromatic heterocycles. The van der Waals surface area contributed by atoms with E-state index in [-0.39, 0.29) is 36.3 Å². The van der Waals surface area contributed by atoms with E-state index in [9.17, 15) is 5.11 Å². The van der Waals surface area contributed by atoms with Gasteiger partial charge in [0.15, 0.2) is 0 Å². The van der Waals surface area contributed by atoms with Gasteiger partial charge in [0, 0.05) is 32.7 Å². The molecule has 0 radical (unpaired) electrons. The van der Waals surface area contributed by atoms with Crippen molar-refractivity contribution in [1.29, 1.82) is 0 Å². The van der Waals surface area contributed by atoms with E-state index in [1.165, 1.54) is 22.3 Å². The fourth-order valence-corrected chi connectivity index (χ4v) is 4.98. The molecule has 0 amide bonds. The maximum Gasteiger partial charge on any atom is 0.123 e. The van der Waals surface area contributed by atoms with Gasteiger partial charge < -0.3 is 9.84 Å². The molecule has 1 unspecified atom stereocenters. The summed E-state index contributed by atoms with van der Waals surface area (Å²) >= 11 is 0. The molecule has 1 fully saturated rings. The summed E-state index contributed by atoms with van der Waals surface area (Å²) in [4.78, 5) is 4.92. The third-order valence-corrected chi connectivity index (χ3v) is 6.85. The van der Waals surface area contributed by atoms with Crippen molar-refractivity contribution in [3.8, 4) is 5.75 Å². The minimum atomic E-state index is -0.519. The van der Waals surface area contributed by atoms with Crippen molar-refractivity contribution in [2.45, 2.75) is 45.3 Å². The molecule has 4 rings (SSSR count). The van der Waals surface area contributed by atoms with Gasteiger partial charge in [0.25, 0.3) is 0 Å². The van der Waals surface area contributed by atoms with E-state index < -0.39 is 6.10 Å². The van der Waals surface area contributed by atoms with E-state index in [2.05, 4.69) is 110 Å². The van der Waals surface area contributed by atoms with Crippen molar-refractivity contribution in [2.75, 3.05) is 39.3 Å². The molecule has 1 atom stereocenters. The van der Waals surface area contributed by atoms with Gasteiger partial charge in [-0.05, 0) is 35.1 Å². The highest BCUT2D eigenvalue weighted by molar-refractivity contribution is 5.85. The number of rotatable bonds is 8. The summed E-state index contributed by atoms with van der Waals surface area (Å²) in [5, 5.41) is 10.8. The molecule has 3 aromatic rings. The lowest BCUT2D eigenvalue weighted by molar-refractivity contribution is 0.0397. The van der Waals surface area contributed by atoms with Gasteiger partial charge >= 0.3 is 0 Å². The predicted octanol–water partition coefficient (Wildman–Crippen LogP) is 6.28. The average Bonchev–Trinajstić information content (AvgIpc) is 2.85. The van der Waals surface area contributed by atoms with E-state index in [0.29, 0.717) is 13.2 Å². The standard InChI is InChI=1S/C31H40N2O2.2ClH/c1-24-15-16-29(28(21-24)31(2,3)4)35-23-27(34)22-32-17-19-33(20-18-32)30(25-11-7-5-8-12-25)26-13-9-6-10-14-26;;/h5-16,21,27,30,34H,17-20,22-23H2,1-4H3;2*1H. The predicted molar refractivity (Wildman–Crippen MR) is 159 cm³/mol. The maximum atomic E-state index is 10.8. The summed E-state index contributed by atoms with van der Waals surface area (Å²) in [5.74, 6) is 0.875.